The molecule has 0 radical (unpaired) electrons. The van der Waals surface area contributed by atoms with Gasteiger partial charge < -0.3 is 15.3 Å². The summed E-state index contributed by atoms with van der Waals surface area (Å²) in [5.74, 6) is -0.697. The van der Waals surface area contributed by atoms with E-state index in [1.165, 1.54) is 23.1 Å². The minimum Gasteiger partial charge on any atom is -0.480 e. The molecule has 5 rings (SSSR count). The summed E-state index contributed by atoms with van der Waals surface area (Å²) in [7, 11) is 0. The van der Waals surface area contributed by atoms with Crippen LogP contribution >= 0.6 is 0 Å². The Morgan fingerprint density at radius 2 is 1.71 bits per heavy atom. The van der Waals surface area contributed by atoms with Crippen molar-refractivity contribution in [2.75, 3.05) is 52.4 Å². The van der Waals surface area contributed by atoms with Crippen LogP contribution < -0.4 is 5.32 Å². The van der Waals surface area contributed by atoms with Crippen LogP contribution in [0.2, 0.25) is 0 Å². The Morgan fingerprint density at radius 3 is 2.43 bits per heavy atom. The lowest BCUT2D eigenvalue weighted by molar-refractivity contribution is -0.138. The highest BCUT2D eigenvalue weighted by molar-refractivity contribution is 5.83. The van der Waals surface area contributed by atoms with Gasteiger partial charge in [-0.2, -0.15) is 5.10 Å². The minimum atomic E-state index is -0.772. The lowest BCUT2D eigenvalue weighted by atomic mass is 9.91. The van der Waals surface area contributed by atoms with Crippen LogP contribution in [0.3, 0.4) is 0 Å². The van der Waals surface area contributed by atoms with Crippen molar-refractivity contribution in [3.05, 3.63) is 65.1 Å². The van der Waals surface area contributed by atoms with E-state index < -0.39 is 5.97 Å². The zero-order valence-corrected chi connectivity index (χ0v) is 20.1. The highest BCUT2D eigenvalue weighted by atomic mass is 19.1. The van der Waals surface area contributed by atoms with E-state index >= 15 is 0 Å². The van der Waals surface area contributed by atoms with Crippen LogP contribution in [0.1, 0.15) is 35.6 Å². The molecule has 0 atom stereocenters. The molecule has 0 spiro atoms. The van der Waals surface area contributed by atoms with E-state index in [4.69, 9.17) is 10.2 Å². The van der Waals surface area contributed by atoms with Gasteiger partial charge in [0, 0.05) is 44.0 Å². The number of aromatic nitrogens is 2. The zero-order chi connectivity index (χ0) is 24.2. The first-order valence-corrected chi connectivity index (χ1v) is 12.7. The highest BCUT2D eigenvalue weighted by Gasteiger charge is 2.26. The number of hydrogen-bond acceptors (Lipinski definition) is 5. The number of benzene rings is 2. The molecule has 2 N–H and O–H groups in total. The molecule has 0 aliphatic carbocycles. The predicted octanol–water partition coefficient (Wildman–Crippen LogP) is 2.94. The van der Waals surface area contributed by atoms with Gasteiger partial charge in [0.05, 0.1) is 24.3 Å². The van der Waals surface area contributed by atoms with Crippen LogP contribution in [0.4, 0.5) is 4.39 Å². The summed E-state index contributed by atoms with van der Waals surface area (Å²) < 4.78 is 15.5. The number of carboxylic acids is 1. The van der Waals surface area contributed by atoms with Crippen LogP contribution in [-0.4, -0.2) is 83.0 Å². The molecule has 35 heavy (non-hydrogen) atoms. The van der Waals surface area contributed by atoms with Crippen LogP contribution in [-0.2, 0) is 17.8 Å². The Morgan fingerprint density at radius 1 is 1.00 bits per heavy atom. The Labute approximate surface area is 205 Å². The smallest absolute Gasteiger partial charge is 0.317 e. The van der Waals surface area contributed by atoms with E-state index in [0.29, 0.717) is 12.5 Å². The monoisotopic (exact) mass is 479 g/mol. The van der Waals surface area contributed by atoms with Gasteiger partial charge in [-0.3, -0.25) is 14.4 Å². The number of fused-ring (bicyclic) bond motifs is 1. The number of rotatable bonds is 8. The van der Waals surface area contributed by atoms with Crippen molar-refractivity contribution < 1.29 is 14.3 Å². The fraction of sp³-hybridized carbons (Fsp3) is 0.481. The van der Waals surface area contributed by atoms with Gasteiger partial charge in [0.15, 0.2) is 0 Å². The van der Waals surface area contributed by atoms with Gasteiger partial charge in [0.2, 0.25) is 0 Å². The second-order valence-electron chi connectivity index (χ2n) is 9.81. The van der Waals surface area contributed by atoms with E-state index in [-0.39, 0.29) is 12.4 Å². The molecule has 3 aromatic rings. The maximum Gasteiger partial charge on any atom is 0.317 e. The number of likely N-dealkylation sites (tertiary alicyclic amines) is 1. The Balaban J connectivity index is 1.39. The fourth-order valence-corrected chi connectivity index (χ4v) is 5.36. The molecule has 2 aromatic carbocycles. The van der Waals surface area contributed by atoms with Crippen LogP contribution in [0, 0.1) is 5.82 Å². The standard InChI is InChI=1S/C27H34FN5O2/c28-23-4-1-21(2-5-23)18-33-25-17-20(7-12-31-15-10-29-11-16-31)3-6-24(25)27(30-33)22-8-13-32(14-9-22)19-26(34)35/h1-6,17,22,29H,7-16,18-19H2,(H,34,35). The minimum absolute atomic E-state index is 0.100. The molecule has 186 valence electrons. The van der Waals surface area contributed by atoms with E-state index in [9.17, 15) is 9.18 Å². The van der Waals surface area contributed by atoms with Crippen molar-refractivity contribution in [1.82, 2.24) is 24.9 Å². The molecule has 3 heterocycles. The topological polar surface area (TPSA) is 73.6 Å². The van der Waals surface area contributed by atoms with Crippen molar-refractivity contribution in [2.24, 2.45) is 0 Å². The van der Waals surface area contributed by atoms with Crippen molar-refractivity contribution in [3.8, 4) is 0 Å². The maximum absolute atomic E-state index is 13.5. The summed E-state index contributed by atoms with van der Waals surface area (Å²) >= 11 is 0. The molecule has 2 fully saturated rings. The van der Waals surface area contributed by atoms with Crippen LogP contribution in [0.5, 0.6) is 0 Å². The summed E-state index contributed by atoms with van der Waals surface area (Å²) in [5.41, 5.74) is 4.55. The molecule has 1 aromatic heterocycles. The Hall–Kier alpha value is -2.81. The van der Waals surface area contributed by atoms with Crippen LogP contribution in [0.25, 0.3) is 10.9 Å². The first-order valence-electron chi connectivity index (χ1n) is 12.7. The number of hydrogen-bond donors (Lipinski definition) is 2. The number of aliphatic carboxylic acids is 1. The largest absolute Gasteiger partial charge is 0.480 e. The average Bonchev–Trinajstić information content (AvgIpc) is 3.22. The number of nitrogens with one attached hydrogen (secondary N) is 1. The fourth-order valence-electron chi connectivity index (χ4n) is 5.36. The summed E-state index contributed by atoms with van der Waals surface area (Å²) in [6, 6.07) is 13.4. The molecule has 7 nitrogen and oxygen atoms in total. The number of piperazine rings is 1. The van der Waals surface area contributed by atoms with Gasteiger partial charge in [0.1, 0.15) is 5.82 Å². The van der Waals surface area contributed by atoms with Crippen molar-refractivity contribution in [1.29, 1.82) is 0 Å². The van der Waals surface area contributed by atoms with Gasteiger partial charge in [0.25, 0.3) is 0 Å². The average molecular weight is 480 g/mol. The molecule has 2 aliphatic heterocycles. The molecule has 8 heteroatoms. The molecule has 2 aliphatic rings. The van der Waals surface area contributed by atoms with E-state index in [1.54, 1.807) is 0 Å². The normalized spacial score (nSPS) is 18.3. The highest BCUT2D eigenvalue weighted by Crippen LogP contribution is 2.33. The molecule has 0 amide bonds. The van der Waals surface area contributed by atoms with Crippen molar-refractivity contribution >= 4 is 16.9 Å². The number of nitrogens with zero attached hydrogens (tertiary/aromatic N) is 4. The van der Waals surface area contributed by atoms with Gasteiger partial charge in [-0.1, -0.05) is 24.3 Å². The number of piperidine rings is 1. The summed E-state index contributed by atoms with van der Waals surface area (Å²) in [4.78, 5) is 15.6. The molecule has 0 unspecified atom stereocenters. The summed E-state index contributed by atoms with van der Waals surface area (Å²) in [5, 5.41) is 18.8. The first-order chi connectivity index (χ1) is 17.0. The van der Waals surface area contributed by atoms with Gasteiger partial charge in [-0.15, -0.1) is 0 Å². The lowest BCUT2D eigenvalue weighted by Crippen LogP contribution is -2.44. The van der Waals surface area contributed by atoms with Crippen LogP contribution in [0.15, 0.2) is 42.5 Å². The third-order valence-electron chi connectivity index (χ3n) is 7.35. The first kappa shape index (κ1) is 23.9. The van der Waals surface area contributed by atoms with E-state index in [0.717, 1.165) is 81.8 Å². The molecular formula is C27H34FN5O2. The van der Waals surface area contributed by atoms with Crippen molar-refractivity contribution in [3.63, 3.8) is 0 Å². The number of halogens is 1. The van der Waals surface area contributed by atoms with E-state index in [1.807, 2.05) is 17.0 Å². The van der Waals surface area contributed by atoms with E-state index in [2.05, 4.69) is 33.1 Å². The third-order valence-corrected chi connectivity index (χ3v) is 7.35. The lowest BCUT2D eigenvalue weighted by Gasteiger charge is -2.30. The van der Waals surface area contributed by atoms with Crippen molar-refractivity contribution in [2.45, 2.75) is 31.7 Å². The predicted molar refractivity (Wildman–Crippen MR) is 134 cm³/mol. The molecule has 2 saturated heterocycles. The van der Waals surface area contributed by atoms with Gasteiger partial charge in [-0.25, -0.2) is 4.39 Å². The number of carboxylic acid groups (broad SMARTS) is 1. The Kier molecular flexibility index (Phi) is 7.41. The third kappa shape index (κ3) is 5.89. The Bertz CT molecular complexity index is 1150. The van der Waals surface area contributed by atoms with Gasteiger partial charge in [-0.05, 0) is 61.7 Å². The summed E-state index contributed by atoms with van der Waals surface area (Å²) in [6.07, 6.45) is 2.81. The number of carbonyl (C=O) groups is 1. The molecule has 0 bridgehead atoms. The second-order valence-corrected chi connectivity index (χ2v) is 9.81. The SMILES string of the molecule is O=C(O)CN1CCC(c2nn(Cc3ccc(F)cc3)c3cc(CCN4CCNCC4)ccc23)CC1. The molecular weight excluding hydrogens is 445 g/mol. The quantitative estimate of drug-likeness (QED) is 0.518. The molecule has 0 saturated carbocycles. The maximum atomic E-state index is 13.5. The zero-order valence-electron chi connectivity index (χ0n) is 20.1. The summed E-state index contributed by atoms with van der Waals surface area (Å²) in [6.45, 7) is 7.58. The van der Waals surface area contributed by atoms with Gasteiger partial charge >= 0.3 is 5.97 Å². The second kappa shape index (κ2) is 10.8.